The molecule has 0 spiro atoms. The first kappa shape index (κ1) is 10.9. The third kappa shape index (κ3) is 3.18. The van der Waals surface area contributed by atoms with E-state index in [1.54, 1.807) is 14.2 Å². The number of hydrogen-bond acceptors (Lipinski definition) is 3. The molecule has 68 valence electrons. The lowest BCUT2D eigenvalue weighted by Crippen LogP contribution is -2.42. The van der Waals surface area contributed by atoms with Gasteiger partial charge in [-0.2, -0.15) is 0 Å². The Balaban J connectivity index is 3.86. The molecule has 3 heteroatoms. The van der Waals surface area contributed by atoms with Gasteiger partial charge in [0.15, 0.2) is 6.29 Å². The molecule has 2 N–H and O–H groups in total. The van der Waals surface area contributed by atoms with E-state index in [1.165, 1.54) is 0 Å². The van der Waals surface area contributed by atoms with Crippen LogP contribution in [0.5, 0.6) is 0 Å². The summed E-state index contributed by atoms with van der Waals surface area (Å²) in [5.41, 5.74) is 5.84. The summed E-state index contributed by atoms with van der Waals surface area (Å²) in [6.45, 7) is 4.20. The highest BCUT2D eigenvalue weighted by Crippen LogP contribution is 2.11. The zero-order chi connectivity index (χ0) is 8.85. The average molecular weight is 161 g/mol. The summed E-state index contributed by atoms with van der Waals surface area (Å²) in [4.78, 5) is 0. The Hall–Kier alpha value is -0.120. The van der Waals surface area contributed by atoms with E-state index in [0.29, 0.717) is 5.92 Å². The van der Waals surface area contributed by atoms with Crippen molar-refractivity contribution in [2.45, 2.75) is 32.6 Å². The highest BCUT2D eigenvalue weighted by Gasteiger charge is 2.21. The minimum atomic E-state index is -0.273. The predicted molar refractivity (Wildman–Crippen MR) is 45.2 cm³/mol. The molecule has 0 rings (SSSR count). The molecular weight excluding hydrogens is 142 g/mol. The molecule has 0 saturated heterocycles. The van der Waals surface area contributed by atoms with Gasteiger partial charge in [-0.3, -0.25) is 0 Å². The van der Waals surface area contributed by atoms with Crippen LogP contribution in [-0.2, 0) is 9.47 Å². The summed E-state index contributed by atoms with van der Waals surface area (Å²) in [5, 5.41) is 0. The van der Waals surface area contributed by atoms with Crippen molar-refractivity contribution < 1.29 is 9.47 Å². The molecule has 0 radical (unpaired) electrons. The number of methoxy groups -OCH3 is 2. The van der Waals surface area contributed by atoms with Gasteiger partial charge in [0.1, 0.15) is 0 Å². The molecule has 0 saturated carbocycles. The first-order chi connectivity index (χ1) is 5.17. The normalized spacial score (nSPS) is 16.9. The van der Waals surface area contributed by atoms with E-state index in [9.17, 15) is 0 Å². The molecule has 0 heterocycles. The van der Waals surface area contributed by atoms with Crippen LogP contribution >= 0.6 is 0 Å². The third-order valence-corrected chi connectivity index (χ3v) is 2.08. The molecule has 0 aromatic carbocycles. The smallest absolute Gasteiger partial charge is 0.172 e. The Morgan fingerprint density at radius 1 is 1.27 bits per heavy atom. The number of hydrogen-bond donors (Lipinski definition) is 1. The van der Waals surface area contributed by atoms with Gasteiger partial charge in [-0.15, -0.1) is 0 Å². The second-order valence-electron chi connectivity index (χ2n) is 2.80. The van der Waals surface area contributed by atoms with Gasteiger partial charge in [-0.25, -0.2) is 0 Å². The van der Waals surface area contributed by atoms with E-state index in [1.807, 2.05) is 0 Å². The second-order valence-corrected chi connectivity index (χ2v) is 2.80. The summed E-state index contributed by atoms with van der Waals surface area (Å²) >= 11 is 0. The Bertz CT molecular complexity index is 94.1. The Morgan fingerprint density at radius 2 is 1.73 bits per heavy atom. The molecule has 0 aromatic rings. The molecule has 2 unspecified atom stereocenters. The van der Waals surface area contributed by atoms with Crippen molar-refractivity contribution in [1.82, 2.24) is 0 Å². The summed E-state index contributed by atoms with van der Waals surface area (Å²) in [6, 6.07) is -0.0324. The Morgan fingerprint density at radius 3 is 2.00 bits per heavy atom. The van der Waals surface area contributed by atoms with E-state index in [2.05, 4.69) is 13.8 Å². The fourth-order valence-corrected chi connectivity index (χ4v) is 0.951. The van der Waals surface area contributed by atoms with Crippen molar-refractivity contribution in [3.63, 3.8) is 0 Å². The van der Waals surface area contributed by atoms with E-state index in [-0.39, 0.29) is 12.3 Å². The van der Waals surface area contributed by atoms with Crippen LogP contribution in [-0.4, -0.2) is 26.6 Å². The van der Waals surface area contributed by atoms with Crippen LogP contribution in [0.3, 0.4) is 0 Å². The van der Waals surface area contributed by atoms with Crippen LogP contribution in [0.1, 0.15) is 20.3 Å². The molecule has 3 nitrogen and oxygen atoms in total. The maximum atomic E-state index is 5.84. The van der Waals surface area contributed by atoms with E-state index >= 15 is 0 Å². The molecule has 0 fully saturated rings. The SMILES string of the molecule is CCC(C)C(N)C(OC)OC. The zero-order valence-electron chi connectivity index (χ0n) is 7.83. The lowest BCUT2D eigenvalue weighted by Gasteiger charge is -2.25. The van der Waals surface area contributed by atoms with Gasteiger partial charge in [0.2, 0.25) is 0 Å². The minimum Gasteiger partial charge on any atom is -0.354 e. The highest BCUT2D eigenvalue weighted by molar-refractivity contribution is 4.71. The Kier molecular flexibility index (Phi) is 5.46. The maximum Gasteiger partial charge on any atom is 0.172 e. The first-order valence-electron chi connectivity index (χ1n) is 3.98. The van der Waals surface area contributed by atoms with Gasteiger partial charge in [-0.05, 0) is 5.92 Å². The van der Waals surface area contributed by atoms with Crippen LogP contribution in [0, 0.1) is 5.92 Å². The monoisotopic (exact) mass is 161 g/mol. The lowest BCUT2D eigenvalue weighted by atomic mass is 10.00. The molecule has 0 amide bonds. The van der Waals surface area contributed by atoms with Crippen LogP contribution in [0.25, 0.3) is 0 Å². The molecular formula is C8H19NO2. The van der Waals surface area contributed by atoms with Gasteiger partial charge in [0.25, 0.3) is 0 Å². The lowest BCUT2D eigenvalue weighted by molar-refractivity contribution is -0.124. The summed E-state index contributed by atoms with van der Waals surface area (Å²) in [6.07, 6.45) is 0.773. The van der Waals surface area contributed by atoms with Gasteiger partial charge in [0, 0.05) is 14.2 Å². The summed E-state index contributed by atoms with van der Waals surface area (Å²) in [5.74, 6) is 0.430. The summed E-state index contributed by atoms with van der Waals surface area (Å²) in [7, 11) is 3.22. The molecule has 0 aliphatic carbocycles. The van der Waals surface area contributed by atoms with Crippen LogP contribution in [0.4, 0.5) is 0 Å². The van der Waals surface area contributed by atoms with Crippen LogP contribution in [0.2, 0.25) is 0 Å². The van der Waals surface area contributed by atoms with E-state index in [0.717, 1.165) is 6.42 Å². The fourth-order valence-electron chi connectivity index (χ4n) is 0.951. The van der Waals surface area contributed by atoms with Crippen molar-refractivity contribution in [3.8, 4) is 0 Å². The average Bonchev–Trinajstić information content (AvgIpc) is 2.05. The van der Waals surface area contributed by atoms with E-state index < -0.39 is 0 Å². The highest BCUT2D eigenvalue weighted by atomic mass is 16.7. The minimum absolute atomic E-state index is 0.0324. The number of nitrogens with two attached hydrogens (primary N) is 1. The second kappa shape index (κ2) is 5.52. The van der Waals surface area contributed by atoms with Crippen molar-refractivity contribution >= 4 is 0 Å². The molecule has 2 atom stereocenters. The quantitative estimate of drug-likeness (QED) is 0.611. The topological polar surface area (TPSA) is 44.5 Å². The maximum absolute atomic E-state index is 5.84. The molecule has 11 heavy (non-hydrogen) atoms. The molecule has 0 aliphatic heterocycles. The van der Waals surface area contributed by atoms with Crippen molar-refractivity contribution in [2.75, 3.05) is 14.2 Å². The molecule has 0 aromatic heterocycles. The number of ether oxygens (including phenoxy) is 2. The summed E-state index contributed by atoms with van der Waals surface area (Å²) < 4.78 is 10.1. The standard InChI is InChI=1S/C8H19NO2/c1-5-6(2)7(9)8(10-3)11-4/h6-8H,5,9H2,1-4H3. The van der Waals surface area contributed by atoms with Crippen molar-refractivity contribution in [1.29, 1.82) is 0 Å². The fraction of sp³-hybridized carbons (Fsp3) is 1.00. The first-order valence-corrected chi connectivity index (χ1v) is 3.98. The van der Waals surface area contributed by atoms with Crippen molar-refractivity contribution in [3.05, 3.63) is 0 Å². The number of rotatable bonds is 5. The zero-order valence-corrected chi connectivity index (χ0v) is 7.83. The molecule has 0 aliphatic rings. The predicted octanol–water partition coefficient (Wildman–Crippen LogP) is 0.979. The van der Waals surface area contributed by atoms with Gasteiger partial charge >= 0.3 is 0 Å². The largest absolute Gasteiger partial charge is 0.354 e. The van der Waals surface area contributed by atoms with Gasteiger partial charge in [-0.1, -0.05) is 20.3 Å². The molecule has 0 bridgehead atoms. The van der Waals surface area contributed by atoms with Gasteiger partial charge in [0.05, 0.1) is 6.04 Å². The van der Waals surface area contributed by atoms with E-state index in [4.69, 9.17) is 15.2 Å². The Labute approximate surface area is 68.9 Å². The van der Waals surface area contributed by atoms with Crippen LogP contribution < -0.4 is 5.73 Å². The van der Waals surface area contributed by atoms with Gasteiger partial charge < -0.3 is 15.2 Å². The van der Waals surface area contributed by atoms with Crippen LogP contribution in [0.15, 0.2) is 0 Å². The van der Waals surface area contributed by atoms with Crippen molar-refractivity contribution in [2.24, 2.45) is 11.7 Å². The third-order valence-electron chi connectivity index (χ3n) is 2.08.